The normalized spacial score (nSPS) is 12.3. The van der Waals surface area contributed by atoms with Crippen LogP contribution in [0.4, 0.5) is 5.82 Å². The lowest BCUT2D eigenvalue weighted by atomic mass is 10.5. The molecule has 0 fully saturated rings. The summed E-state index contributed by atoms with van der Waals surface area (Å²) >= 11 is 3.11. The Morgan fingerprint density at radius 1 is 1.29 bits per heavy atom. The van der Waals surface area contributed by atoms with Gasteiger partial charge in [-0.25, -0.2) is 37.1 Å². The van der Waals surface area contributed by atoms with Crippen LogP contribution < -0.4 is 20.7 Å². The van der Waals surface area contributed by atoms with Crippen molar-refractivity contribution < 1.29 is 16.8 Å². The molecule has 5 N–H and O–H groups in total. The van der Waals surface area contributed by atoms with Crippen molar-refractivity contribution in [2.45, 2.75) is 11.8 Å². The van der Waals surface area contributed by atoms with Crippen molar-refractivity contribution in [3.8, 4) is 0 Å². The van der Waals surface area contributed by atoms with Gasteiger partial charge in [0.05, 0.1) is 5.75 Å². The molecule has 0 amide bonds. The van der Waals surface area contributed by atoms with E-state index in [4.69, 9.17) is 5.84 Å². The highest BCUT2D eigenvalue weighted by atomic mass is 79.9. The van der Waals surface area contributed by atoms with E-state index in [1.165, 1.54) is 12.3 Å². The van der Waals surface area contributed by atoms with Gasteiger partial charge in [0.15, 0.2) is 5.82 Å². The quantitative estimate of drug-likeness (QED) is 0.334. The van der Waals surface area contributed by atoms with Crippen LogP contribution in [0.25, 0.3) is 0 Å². The smallest absolute Gasteiger partial charge is 0.244 e. The lowest BCUT2D eigenvalue weighted by molar-refractivity contribution is 0.576. The highest BCUT2D eigenvalue weighted by Gasteiger charge is 2.20. The zero-order valence-electron chi connectivity index (χ0n) is 11.1. The van der Waals surface area contributed by atoms with Crippen molar-refractivity contribution in [3.05, 3.63) is 16.7 Å². The number of hydrogen-bond acceptors (Lipinski definition) is 7. The molecule has 1 heterocycles. The predicted molar refractivity (Wildman–Crippen MR) is 82.4 cm³/mol. The molecule has 9 nitrogen and oxygen atoms in total. The number of nitrogen functional groups attached to an aromatic ring is 1. The summed E-state index contributed by atoms with van der Waals surface area (Å²) in [6.45, 7) is 1.61. The van der Waals surface area contributed by atoms with Crippen molar-refractivity contribution >= 4 is 41.8 Å². The molecular weight excluding hydrogens is 386 g/mol. The SMILES string of the molecule is CCNS(=O)(=O)CCNS(=O)(=O)c1cc(Br)cnc1NN. The molecule has 1 aromatic rings. The van der Waals surface area contributed by atoms with Gasteiger partial charge in [0.2, 0.25) is 20.0 Å². The molecule has 120 valence electrons. The van der Waals surface area contributed by atoms with Crippen molar-refractivity contribution in [2.24, 2.45) is 5.84 Å². The van der Waals surface area contributed by atoms with Gasteiger partial charge in [0.25, 0.3) is 0 Å². The molecule has 0 saturated carbocycles. The molecular formula is C9H16BrN5O4S2. The minimum Gasteiger partial charge on any atom is -0.307 e. The van der Waals surface area contributed by atoms with Crippen LogP contribution in [0, 0.1) is 0 Å². The first-order chi connectivity index (χ1) is 9.72. The number of nitrogens with one attached hydrogen (secondary N) is 3. The molecule has 0 atom stereocenters. The Hall–Kier alpha value is -0.790. The van der Waals surface area contributed by atoms with Crippen LogP contribution in [0.2, 0.25) is 0 Å². The molecule has 0 saturated heterocycles. The number of pyridine rings is 1. The summed E-state index contributed by atoms with van der Waals surface area (Å²) in [5.41, 5.74) is 2.17. The summed E-state index contributed by atoms with van der Waals surface area (Å²) in [7, 11) is -7.44. The van der Waals surface area contributed by atoms with Gasteiger partial charge in [-0.05, 0) is 22.0 Å². The highest BCUT2D eigenvalue weighted by Crippen LogP contribution is 2.21. The van der Waals surface area contributed by atoms with Gasteiger partial charge >= 0.3 is 0 Å². The van der Waals surface area contributed by atoms with Crippen LogP contribution in [0.3, 0.4) is 0 Å². The number of hydrazine groups is 1. The third-order valence-corrected chi connectivity index (χ3v) is 5.65. The second kappa shape index (κ2) is 7.47. The van der Waals surface area contributed by atoms with E-state index in [0.717, 1.165) is 0 Å². The van der Waals surface area contributed by atoms with Crippen molar-refractivity contribution in [1.29, 1.82) is 0 Å². The predicted octanol–water partition coefficient (Wildman–Crippen LogP) is -0.653. The number of anilines is 1. The number of sulfonamides is 2. The van der Waals surface area contributed by atoms with E-state index >= 15 is 0 Å². The molecule has 0 unspecified atom stereocenters. The van der Waals surface area contributed by atoms with Gasteiger partial charge in [0, 0.05) is 23.8 Å². The van der Waals surface area contributed by atoms with Crippen molar-refractivity contribution in [1.82, 2.24) is 14.4 Å². The summed E-state index contributed by atoms with van der Waals surface area (Å²) in [4.78, 5) is 3.64. The summed E-state index contributed by atoms with van der Waals surface area (Å²) in [6, 6.07) is 1.31. The fourth-order valence-corrected chi connectivity index (χ4v) is 4.16. The van der Waals surface area contributed by atoms with Gasteiger partial charge in [-0.3, -0.25) is 0 Å². The third-order valence-electron chi connectivity index (χ3n) is 2.27. The van der Waals surface area contributed by atoms with E-state index in [-0.39, 0.29) is 29.6 Å². The first kappa shape index (κ1) is 18.3. The summed E-state index contributed by atoms with van der Waals surface area (Å²) < 4.78 is 52.0. The van der Waals surface area contributed by atoms with E-state index in [1.807, 2.05) is 0 Å². The van der Waals surface area contributed by atoms with Crippen LogP contribution in [0.5, 0.6) is 0 Å². The average Bonchev–Trinajstić information content (AvgIpc) is 2.38. The van der Waals surface area contributed by atoms with E-state index in [1.54, 1.807) is 6.92 Å². The maximum absolute atomic E-state index is 12.1. The van der Waals surface area contributed by atoms with Crippen LogP contribution in [0.1, 0.15) is 6.92 Å². The Morgan fingerprint density at radius 2 is 1.95 bits per heavy atom. The molecule has 0 aromatic carbocycles. The van der Waals surface area contributed by atoms with Gasteiger partial charge in [0.1, 0.15) is 4.90 Å². The molecule has 0 aliphatic carbocycles. The largest absolute Gasteiger partial charge is 0.307 e. The monoisotopic (exact) mass is 401 g/mol. The fourth-order valence-electron chi connectivity index (χ4n) is 1.41. The molecule has 0 bridgehead atoms. The van der Waals surface area contributed by atoms with Gasteiger partial charge < -0.3 is 5.43 Å². The Balaban J connectivity index is 2.86. The summed E-state index contributed by atoms with van der Waals surface area (Å²) in [5.74, 6) is 4.80. The maximum Gasteiger partial charge on any atom is 0.244 e. The lowest BCUT2D eigenvalue weighted by Gasteiger charge is -2.11. The van der Waals surface area contributed by atoms with Crippen LogP contribution in [-0.4, -0.2) is 40.7 Å². The number of hydrogen-bond donors (Lipinski definition) is 4. The average molecular weight is 402 g/mol. The Morgan fingerprint density at radius 3 is 2.52 bits per heavy atom. The zero-order valence-corrected chi connectivity index (χ0v) is 14.3. The minimum atomic E-state index is -3.94. The second-order valence-corrected chi connectivity index (χ2v) is 8.44. The number of rotatable bonds is 8. The standard InChI is InChI=1S/C9H16BrN5O4S2/c1-2-13-20(16,17)4-3-14-21(18,19)8-5-7(10)6-12-9(8)15-11/h5-6,13-14H,2-4,11H2,1H3,(H,12,15). The van der Waals surface area contributed by atoms with Gasteiger partial charge in [-0.15, -0.1) is 0 Å². The maximum atomic E-state index is 12.1. The molecule has 0 radical (unpaired) electrons. The topological polar surface area (TPSA) is 143 Å². The minimum absolute atomic E-state index is 0.0414. The molecule has 0 spiro atoms. The first-order valence-corrected chi connectivity index (χ1v) is 9.74. The Bertz CT molecular complexity index is 692. The van der Waals surface area contributed by atoms with Gasteiger partial charge in [-0.2, -0.15) is 0 Å². The molecule has 0 aliphatic rings. The van der Waals surface area contributed by atoms with Crippen LogP contribution in [0.15, 0.2) is 21.6 Å². The summed E-state index contributed by atoms with van der Waals surface area (Å²) in [5, 5.41) is 0. The van der Waals surface area contributed by atoms with Crippen LogP contribution in [-0.2, 0) is 20.0 Å². The lowest BCUT2D eigenvalue weighted by Crippen LogP contribution is -2.34. The number of halogens is 1. The fraction of sp³-hybridized carbons (Fsp3) is 0.444. The molecule has 1 aromatic heterocycles. The van der Waals surface area contributed by atoms with Crippen molar-refractivity contribution in [3.63, 3.8) is 0 Å². The van der Waals surface area contributed by atoms with Gasteiger partial charge in [-0.1, -0.05) is 6.92 Å². The first-order valence-electron chi connectivity index (χ1n) is 5.81. The molecule has 21 heavy (non-hydrogen) atoms. The molecule has 1 rings (SSSR count). The van der Waals surface area contributed by atoms with E-state index < -0.39 is 20.0 Å². The number of nitrogens with zero attached hydrogens (tertiary/aromatic N) is 1. The Labute approximate surface area is 131 Å². The number of nitrogens with two attached hydrogens (primary N) is 1. The highest BCUT2D eigenvalue weighted by molar-refractivity contribution is 9.10. The molecule has 0 aliphatic heterocycles. The van der Waals surface area contributed by atoms with E-state index in [2.05, 4.69) is 35.8 Å². The zero-order chi connectivity index (χ0) is 16.1. The third kappa shape index (κ3) is 5.48. The van der Waals surface area contributed by atoms with Crippen LogP contribution >= 0.6 is 15.9 Å². The van der Waals surface area contributed by atoms with Crippen molar-refractivity contribution in [2.75, 3.05) is 24.3 Å². The number of aromatic nitrogens is 1. The summed E-state index contributed by atoms with van der Waals surface area (Å²) in [6.07, 6.45) is 1.38. The van der Waals surface area contributed by atoms with E-state index in [0.29, 0.717) is 4.47 Å². The Kier molecular flexibility index (Phi) is 6.49. The molecule has 12 heteroatoms. The van der Waals surface area contributed by atoms with E-state index in [9.17, 15) is 16.8 Å². The second-order valence-electron chi connectivity index (χ2n) is 3.86.